The predicted molar refractivity (Wildman–Crippen MR) is 69.1 cm³/mol. The number of hydrogen-bond acceptors (Lipinski definition) is 2. The molecule has 1 aromatic heterocycles. The van der Waals surface area contributed by atoms with E-state index in [-0.39, 0.29) is 5.56 Å². The number of nitrogens with zero attached hydrogens (tertiary/aromatic N) is 2. The molecule has 0 spiro atoms. The molecule has 0 atom stereocenters. The van der Waals surface area contributed by atoms with Gasteiger partial charge < -0.3 is 4.57 Å². The van der Waals surface area contributed by atoms with Crippen LogP contribution in [0, 0.1) is 0 Å². The van der Waals surface area contributed by atoms with Crippen molar-refractivity contribution in [3.63, 3.8) is 0 Å². The first kappa shape index (κ1) is 11.9. The van der Waals surface area contributed by atoms with E-state index in [1.165, 1.54) is 12.8 Å². The van der Waals surface area contributed by atoms with Crippen molar-refractivity contribution in [2.24, 2.45) is 0 Å². The van der Waals surface area contributed by atoms with Crippen molar-refractivity contribution in [2.45, 2.75) is 25.4 Å². The van der Waals surface area contributed by atoms with E-state index < -0.39 is 0 Å². The molecule has 1 heterocycles. The number of hydrogen-bond donors (Lipinski definition) is 0. The number of alkyl halides is 1. The summed E-state index contributed by atoms with van der Waals surface area (Å²) in [7, 11) is 0. The fourth-order valence-electron chi connectivity index (χ4n) is 1.91. The molecular weight excluding hydrogens is 268 g/mol. The highest BCUT2D eigenvalue weighted by atomic mass is 79.9. The lowest BCUT2D eigenvalue weighted by atomic mass is 10.4. The lowest BCUT2D eigenvalue weighted by molar-refractivity contribution is 0.267. The van der Waals surface area contributed by atoms with E-state index in [9.17, 15) is 4.79 Å². The van der Waals surface area contributed by atoms with E-state index in [2.05, 4.69) is 20.8 Å². The van der Waals surface area contributed by atoms with Crippen LogP contribution in [-0.2, 0) is 6.54 Å². The fourth-order valence-corrected chi connectivity index (χ4v) is 2.36. The maximum Gasteiger partial charge on any atom is 0.250 e. The third-order valence-electron chi connectivity index (χ3n) is 2.96. The largest absolute Gasteiger partial charge is 0.314 e. The number of pyridine rings is 1. The van der Waals surface area contributed by atoms with E-state index in [1.807, 2.05) is 12.3 Å². The molecule has 0 unspecified atom stereocenters. The Bertz CT molecular complexity index is 387. The Morgan fingerprint density at radius 2 is 2.19 bits per heavy atom. The Kier molecular flexibility index (Phi) is 4.18. The highest BCUT2D eigenvalue weighted by Gasteiger charge is 2.27. The van der Waals surface area contributed by atoms with Crippen LogP contribution < -0.4 is 5.56 Å². The van der Waals surface area contributed by atoms with E-state index >= 15 is 0 Å². The van der Waals surface area contributed by atoms with Gasteiger partial charge in [-0.05, 0) is 18.9 Å². The van der Waals surface area contributed by atoms with Gasteiger partial charge in [-0.15, -0.1) is 0 Å². The van der Waals surface area contributed by atoms with Gasteiger partial charge in [-0.3, -0.25) is 9.69 Å². The Morgan fingerprint density at radius 3 is 2.81 bits per heavy atom. The summed E-state index contributed by atoms with van der Waals surface area (Å²) in [5, 5.41) is 1.01. The molecule has 0 saturated heterocycles. The molecule has 0 N–H and O–H groups in total. The van der Waals surface area contributed by atoms with Crippen molar-refractivity contribution in [1.82, 2.24) is 9.47 Å². The molecule has 1 aromatic rings. The third-order valence-corrected chi connectivity index (χ3v) is 3.32. The molecule has 0 aromatic carbocycles. The van der Waals surface area contributed by atoms with Gasteiger partial charge >= 0.3 is 0 Å². The topological polar surface area (TPSA) is 25.2 Å². The molecule has 0 bridgehead atoms. The third kappa shape index (κ3) is 3.19. The van der Waals surface area contributed by atoms with Crippen molar-refractivity contribution in [3.8, 4) is 0 Å². The van der Waals surface area contributed by atoms with E-state index in [0.717, 1.165) is 31.0 Å². The number of rotatable bonds is 6. The highest BCUT2D eigenvalue weighted by Crippen LogP contribution is 2.26. The fraction of sp³-hybridized carbons (Fsp3) is 0.583. The first-order valence-electron chi connectivity index (χ1n) is 5.77. The van der Waals surface area contributed by atoms with Crippen molar-refractivity contribution < 1.29 is 0 Å². The summed E-state index contributed by atoms with van der Waals surface area (Å²) in [5.41, 5.74) is 0.0945. The summed E-state index contributed by atoms with van der Waals surface area (Å²) >= 11 is 3.48. The lowest BCUT2D eigenvalue weighted by Crippen LogP contribution is -2.33. The van der Waals surface area contributed by atoms with Crippen LogP contribution in [0.15, 0.2) is 29.2 Å². The predicted octanol–water partition coefficient (Wildman–Crippen LogP) is 1.71. The Hall–Kier alpha value is -0.610. The molecule has 2 rings (SSSR count). The molecule has 1 aliphatic rings. The summed E-state index contributed by atoms with van der Waals surface area (Å²) in [6.45, 7) is 2.84. The molecule has 16 heavy (non-hydrogen) atoms. The van der Waals surface area contributed by atoms with Gasteiger partial charge in [-0.2, -0.15) is 0 Å². The van der Waals surface area contributed by atoms with Gasteiger partial charge in [0.25, 0.3) is 5.56 Å². The van der Waals surface area contributed by atoms with Gasteiger partial charge in [-0.1, -0.05) is 22.0 Å². The highest BCUT2D eigenvalue weighted by molar-refractivity contribution is 9.09. The van der Waals surface area contributed by atoms with Gasteiger partial charge in [0.15, 0.2) is 0 Å². The van der Waals surface area contributed by atoms with E-state index in [4.69, 9.17) is 0 Å². The summed E-state index contributed by atoms with van der Waals surface area (Å²) < 4.78 is 1.78. The van der Waals surface area contributed by atoms with Gasteiger partial charge in [0.05, 0.1) is 0 Å². The van der Waals surface area contributed by atoms with Crippen molar-refractivity contribution >= 4 is 15.9 Å². The van der Waals surface area contributed by atoms with E-state index in [1.54, 1.807) is 16.7 Å². The van der Waals surface area contributed by atoms with E-state index in [0.29, 0.717) is 0 Å². The molecule has 1 aliphatic carbocycles. The van der Waals surface area contributed by atoms with Crippen LogP contribution >= 0.6 is 15.9 Å². The van der Waals surface area contributed by atoms with Crippen molar-refractivity contribution in [2.75, 3.05) is 18.4 Å². The molecule has 0 amide bonds. The summed E-state index contributed by atoms with van der Waals surface area (Å²) in [6, 6.07) is 6.08. The number of halogens is 1. The quantitative estimate of drug-likeness (QED) is 0.743. The molecule has 1 fully saturated rings. The minimum Gasteiger partial charge on any atom is -0.314 e. The average molecular weight is 285 g/mol. The van der Waals surface area contributed by atoms with Crippen LogP contribution in [0.5, 0.6) is 0 Å². The van der Waals surface area contributed by atoms with Crippen molar-refractivity contribution in [1.29, 1.82) is 0 Å². The zero-order valence-corrected chi connectivity index (χ0v) is 10.9. The zero-order valence-electron chi connectivity index (χ0n) is 9.31. The molecule has 0 aliphatic heterocycles. The van der Waals surface area contributed by atoms with Crippen LogP contribution in [0.25, 0.3) is 0 Å². The SMILES string of the molecule is O=c1ccccn1CCN(CCBr)C1CC1. The first-order chi connectivity index (χ1) is 7.81. The van der Waals surface area contributed by atoms with Crippen molar-refractivity contribution in [3.05, 3.63) is 34.7 Å². The summed E-state index contributed by atoms with van der Waals surface area (Å²) in [4.78, 5) is 14.0. The molecule has 88 valence electrons. The van der Waals surface area contributed by atoms with Gasteiger partial charge in [0.1, 0.15) is 0 Å². The zero-order chi connectivity index (χ0) is 11.4. The van der Waals surface area contributed by atoms with Crippen LogP contribution in [0.3, 0.4) is 0 Å². The lowest BCUT2D eigenvalue weighted by Gasteiger charge is -2.21. The smallest absolute Gasteiger partial charge is 0.250 e. The standard InChI is InChI=1S/C12H17BrN2O/c13-6-8-14(11-4-5-11)9-10-15-7-2-1-3-12(15)16/h1-3,7,11H,4-6,8-10H2. The van der Waals surface area contributed by atoms with Gasteiger partial charge in [-0.25, -0.2) is 0 Å². The average Bonchev–Trinajstić information content (AvgIpc) is 3.10. The Morgan fingerprint density at radius 1 is 1.38 bits per heavy atom. The monoisotopic (exact) mass is 284 g/mol. The number of aromatic nitrogens is 1. The maximum absolute atomic E-state index is 11.5. The maximum atomic E-state index is 11.5. The molecular formula is C12H17BrN2O. The Balaban J connectivity index is 1.90. The van der Waals surface area contributed by atoms with Gasteiger partial charge in [0.2, 0.25) is 0 Å². The van der Waals surface area contributed by atoms with Gasteiger partial charge in [0, 0.05) is 43.3 Å². The minimum absolute atomic E-state index is 0.0945. The molecule has 4 heteroatoms. The summed E-state index contributed by atoms with van der Waals surface area (Å²) in [6.07, 6.45) is 4.49. The normalized spacial score (nSPS) is 15.6. The van der Waals surface area contributed by atoms with Crippen LogP contribution in [-0.4, -0.2) is 33.9 Å². The van der Waals surface area contributed by atoms with Crippen LogP contribution in [0.4, 0.5) is 0 Å². The first-order valence-corrected chi connectivity index (χ1v) is 6.89. The molecule has 3 nitrogen and oxygen atoms in total. The minimum atomic E-state index is 0.0945. The molecule has 1 saturated carbocycles. The van der Waals surface area contributed by atoms with Crippen LogP contribution in [0.2, 0.25) is 0 Å². The second-order valence-electron chi connectivity index (χ2n) is 4.19. The second kappa shape index (κ2) is 5.64. The second-order valence-corrected chi connectivity index (χ2v) is 4.98. The molecule has 0 radical (unpaired) electrons. The summed E-state index contributed by atoms with van der Waals surface area (Å²) in [5.74, 6) is 0. The van der Waals surface area contributed by atoms with Crippen LogP contribution in [0.1, 0.15) is 12.8 Å². The Labute approximate surface area is 104 Å².